The van der Waals surface area contributed by atoms with Gasteiger partial charge in [-0.2, -0.15) is 5.10 Å². The van der Waals surface area contributed by atoms with Gasteiger partial charge in [0.25, 0.3) is 5.91 Å². The summed E-state index contributed by atoms with van der Waals surface area (Å²) in [4.78, 5) is 12.4. The maximum Gasteiger partial charge on any atom is 0.257 e. The molecular formula is C20H19Cl2N3O. The van der Waals surface area contributed by atoms with Crippen molar-refractivity contribution >= 4 is 34.8 Å². The summed E-state index contributed by atoms with van der Waals surface area (Å²) >= 11 is 12.0. The van der Waals surface area contributed by atoms with Gasteiger partial charge in [0.15, 0.2) is 0 Å². The van der Waals surface area contributed by atoms with Crippen molar-refractivity contribution in [2.75, 3.05) is 5.32 Å². The monoisotopic (exact) mass is 387 g/mol. The highest BCUT2D eigenvalue weighted by atomic mass is 35.5. The molecule has 1 N–H and O–H groups in total. The molecule has 0 bridgehead atoms. The van der Waals surface area contributed by atoms with Crippen LogP contribution in [0.5, 0.6) is 0 Å². The van der Waals surface area contributed by atoms with Gasteiger partial charge >= 0.3 is 0 Å². The van der Waals surface area contributed by atoms with Gasteiger partial charge in [0.05, 0.1) is 16.3 Å². The van der Waals surface area contributed by atoms with E-state index in [1.54, 1.807) is 18.2 Å². The molecule has 6 heteroatoms. The van der Waals surface area contributed by atoms with E-state index in [0.717, 1.165) is 23.4 Å². The second-order valence-corrected chi connectivity index (χ2v) is 7.07. The molecule has 0 atom stereocenters. The van der Waals surface area contributed by atoms with E-state index in [1.165, 1.54) is 5.56 Å². The van der Waals surface area contributed by atoms with Crippen molar-refractivity contribution in [2.24, 2.45) is 7.05 Å². The summed E-state index contributed by atoms with van der Waals surface area (Å²) < 4.78 is 1.90. The van der Waals surface area contributed by atoms with E-state index < -0.39 is 0 Å². The Bertz CT molecular complexity index is 962. The molecule has 4 nitrogen and oxygen atoms in total. The molecule has 26 heavy (non-hydrogen) atoms. The van der Waals surface area contributed by atoms with Gasteiger partial charge in [0.2, 0.25) is 0 Å². The highest BCUT2D eigenvalue weighted by molar-refractivity contribution is 6.37. The van der Waals surface area contributed by atoms with E-state index in [4.69, 9.17) is 23.2 Å². The van der Waals surface area contributed by atoms with Crippen LogP contribution in [0.4, 0.5) is 5.69 Å². The zero-order valence-electron chi connectivity index (χ0n) is 14.8. The van der Waals surface area contributed by atoms with Crippen LogP contribution in [-0.2, 0) is 13.5 Å². The van der Waals surface area contributed by atoms with Gasteiger partial charge < -0.3 is 5.32 Å². The molecule has 0 radical (unpaired) electrons. The Morgan fingerprint density at radius 2 is 1.81 bits per heavy atom. The molecule has 1 aromatic heterocycles. The van der Waals surface area contributed by atoms with E-state index in [0.29, 0.717) is 21.3 Å². The molecule has 134 valence electrons. The van der Waals surface area contributed by atoms with Crippen LogP contribution in [-0.4, -0.2) is 15.7 Å². The van der Waals surface area contributed by atoms with Gasteiger partial charge in [-0.3, -0.25) is 9.48 Å². The van der Waals surface area contributed by atoms with Crippen LogP contribution >= 0.6 is 23.2 Å². The minimum Gasteiger partial charge on any atom is -0.322 e. The van der Waals surface area contributed by atoms with Crippen molar-refractivity contribution in [3.05, 3.63) is 80.6 Å². The fourth-order valence-corrected chi connectivity index (χ4v) is 3.35. The fourth-order valence-electron chi connectivity index (χ4n) is 2.86. The second-order valence-electron chi connectivity index (χ2n) is 6.22. The number of amides is 1. The number of hydrogen-bond acceptors (Lipinski definition) is 2. The average molecular weight is 388 g/mol. The molecule has 0 aliphatic carbocycles. The number of aromatic nitrogens is 2. The quantitative estimate of drug-likeness (QED) is 0.669. The van der Waals surface area contributed by atoms with Crippen LogP contribution in [0.1, 0.15) is 32.9 Å². The van der Waals surface area contributed by atoms with E-state index >= 15 is 0 Å². The van der Waals surface area contributed by atoms with Crippen molar-refractivity contribution in [1.82, 2.24) is 9.78 Å². The number of halogens is 2. The van der Waals surface area contributed by atoms with Gasteiger partial charge in [0, 0.05) is 35.4 Å². The van der Waals surface area contributed by atoms with Gasteiger partial charge in [-0.15, -0.1) is 0 Å². The first-order chi connectivity index (χ1) is 12.3. The largest absolute Gasteiger partial charge is 0.322 e. The topological polar surface area (TPSA) is 46.9 Å². The molecule has 1 amide bonds. The van der Waals surface area contributed by atoms with Crippen LogP contribution in [0.25, 0.3) is 0 Å². The number of carbonyl (C=O) groups excluding carboxylic acids is 1. The first kappa shape index (κ1) is 18.5. The molecule has 0 saturated heterocycles. The van der Waals surface area contributed by atoms with Crippen LogP contribution in [0.15, 0.2) is 42.5 Å². The first-order valence-corrected chi connectivity index (χ1v) is 8.95. The Kier molecular flexibility index (Phi) is 5.35. The Labute approximate surface area is 162 Å². The number of anilines is 1. The second kappa shape index (κ2) is 7.52. The number of nitrogens with zero attached hydrogens (tertiary/aromatic N) is 2. The Hall–Kier alpha value is -2.30. The Morgan fingerprint density at radius 3 is 2.38 bits per heavy atom. The molecule has 2 aromatic carbocycles. The molecule has 1 heterocycles. The summed E-state index contributed by atoms with van der Waals surface area (Å²) in [5.41, 5.74) is 5.70. The zero-order valence-corrected chi connectivity index (χ0v) is 16.3. The fraction of sp³-hybridized carbons (Fsp3) is 0.200. The third-order valence-corrected chi connectivity index (χ3v) is 4.98. The molecule has 0 saturated carbocycles. The maximum absolute atomic E-state index is 12.4. The van der Waals surface area contributed by atoms with Crippen LogP contribution in [0.2, 0.25) is 10.0 Å². The summed E-state index contributed by atoms with van der Waals surface area (Å²) in [5, 5.41) is 8.13. The van der Waals surface area contributed by atoms with Crippen molar-refractivity contribution in [3.63, 3.8) is 0 Å². The van der Waals surface area contributed by atoms with E-state index in [1.807, 2.05) is 42.9 Å². The van der Waals surface area contributed by atoms with Crippen molar-refractivity contribution < 1.29 is 4.79 Å². The summed E-state index contributed by atoms with van der Waals surface area (Å²) in [5.74, 6) is -0.265. The Morgan fingerprint density at radius 1 is 1.12 bits per heavy atom. The zero-order chi connectivity index (χ0) is 18.8. The average Bonchev–Trinajstić information content (AvgIpc) is 2.82. The number of benzene rings is 2. The number of nitrogens with one attached hydrogen (secondary N) is 1. The van der Waals surface area contributed by atoms with Gasteiger partial charge in [0.1, 0.15) is 0 Å². The molecular weight excluding hydrogens is 369 g/mol. The van der Waals surface area contributed by atoms with Crippen LogP contribution in [0.3, 0.4) is 0 Å². The molecule has 0 aliphatic rings. The maximum atomic E-state index is 12.4. The lowest BCUT2D eigenvalue weighted by molar-refractivity contribution is 0.102. The predicted molar refractivity (Wildman–Crippen MR) is 106 cm³/mol. The first-order valence-electron chi connectivity index (χ1n) is 8.19. The number of carbonyl (C=O) groups is 1. The van der Waals surface area contributed by atoms with Crippen molar-refractivity contribution in [3.8, 4) is 0 Å². The predicted octanol–water partition coefficient (Wildman–Crippen LogP) is 5.19. The van der Waals surface area contributed by atoms with Gasteiger partial charge in [-0.05, 0) is 49.7 Å². The highest BCUT2D eigenvalue weighted by Crippen LogP contribution is 2.23. The van der Waals surface area contributed by atoms with Crippen LogP contribution in [0, 0.1) is 13.8 Å². The highest BCUT2D eigenvalue weighted by Gasteiger charge is 2.12. The lowest BCUT2D eigenvalue weighted by Gasteiger charge is -2.08. The smallest absolute Gasteiger partial charge is 0.257 e. The molecule has 3 aromatic rings. The van der Waals surface area contributed by atoms with Crippen molar-refractivity contribution in [2.45, 2.75) is 20.3 Å². The van der Waals surface area contributed by atoms with E-state index in [-0.39, 0.29) is 5.91 Å². The summed E-state index contributed by atoms with van der Waals surface area (Å²) in [6.45, 7) is 4.09. The Balaban J connectivity index is 1.72. The molecule has 0 fully saturated rings. The standard InChI is InChI=1S/C20H19Cl2N3O/c1-12-18(13(2)25(3)24-12)10-14-4-7-16(8-5-14)23-20(26)17-9-6-15(21)11-19(17)22/h4-9,11H,10H2,1-3H3,(H,23,26). The van der Waals surface area contributed by atoms with Crippen molar-refractivity contribution in [1.29, 1.82) is 0 Å². The van der Waals surface area contributed by atoms with E-state index in [2.05, 4.69) is 17.3 Å². The van der Waals surface area contributed by atoms with Gasteiger partial charge in [-0.1, -0.05) is 35.3 Å². The van der Waals surface area contributed by atoms with E-state index in [9.17, 15) is 4.79 Å². The molecule has 0 aliphatic heterocycles. The number of rotatable bonds is 4. The minimum absolute atomic E-state index is 0.265. The third kappa shape index (κ3) is 3.92. The molecule has 0 unspecified atom stereocenters. The summed E-state index contributed by atoms with van der Waals surface area (Å²) in [6, 6.07) is 12.6. The molecule has 3 rings (SSSR count). The SMILES string of the molecule is Cc1nn(C)c(C)c1Cc1ccc(NC(=O)c2ccc(Cl)cc2Cl)cc1. The third-order valence-electron chi connectivity index (χ3n) is 4.43. The van der Waals surface area contributed by atoms with Crippen LogP contribution < -0.4 is 5.32 Å². The van der Waals surface area contributed by atoms with Gasteiger partial charge in [-0.25, -0.2) is 0 Å². The molecule has 0 spiro atoms. The summed E-state index contributed by atoms with van der Waals surface area (Å²) in [6.07, 6.45) is 0.808. The number of aryl methyl sites for hydroxylation is 2. The minimum atomic E-state index is -0.265. The lowest BCUT2D eigenvalue weighted by atomic mass is 10.0. The normalized spacial score (nSPS) is 10.8. The lowest BCUT2D eigenvalue weighted by Crippen LogP contribution is -2.12. The summed E-state index contributed by atoms with van der Waals surface area (Å²) in [7, 11) is 1.95. The number of hydrogen-bond donors (Lipinski definition) is 1.